The first kappa shape index (κ1) is 21.3. The molecule has 0 unspecified atom stereocenters. The van der Waals surface area contributed by atoms with E-state index in [2.05, 4.69) is 9.97 Å². The zero-order valence-corrected chi connectivity index (χ0v) is 18.5. The van der Waals surface area contributed by atoms with Crippen molar-refractivity contribution in [3.8, 4) is 33.3 Å². The highest BCUT2D eigenvalue weighted by atomic mass is 32.1. The van der Waals surface area contributed by atoms with Gasteiger partial charge in [-0.1, -0.05) is 6.07 Å². The van der Waals surface area contributed by atoms with Crippen LogP contribution in [0.1, 0.15) is 11.1 Å². The molecule has 0 radical (unpaired) electrons. The minimum atomic E-state index is -0.273. The molecule has 33 heavy (non-hydrogen) atoms. The fourth-order valence-corrected chi connectivity index (χ4v) is 4.87. The number of aromatic nitrogens is 3. The zero-order valence-electron chi connectivity index (χ0n) is 17.7. The van der Waals surface area contributed by atoms with Crippen molar-refractivity contribution < 1.29 is 19.3 Å². The number of rotatable bonds is 6. The van der Waals surface area contributed by atoms with Gasteiger partial charge in [0.25, 0.3) is 0 Å². The molecule has 0 amide bonds. The Balaban J connectivity index is 1.55. The number of thiazole rings is 1. The predicted molar refractivity (Wildman–Crippen MR) is 126 cm³/mol. The summed E-state index contributed by atoms with van der Waals surface area (Å²) in [4.78, 5) is 8.93. The number of benzene rings is 3. The molecule has 0 bridgehead atoms. The van der Waals surface area contributed by atoms with Crippen molar-refractivity contribution in [3.63, 3.8) is 0 Å². The standard InChI is InChI=1S/C25H20FN3O3S/c1-32-22-9-15(12-30)8-17(13-31)24(22)21-11-27-14-29(21)19-5-2-16(3-6-19)25-28-20-7-4-18(26)10-23(20)33-25/h2-11,14,30-31H,12-13H2,1H3. The Morgan fingerprint density at radius 2 is 1.85 bits per heavy atom. The summed E-state index contributed by atoms with van der Waals surface area (Å²) in [6, 6.07) is 16.0. The van der Waals surface area contributed by atoms with Crippen LogP contribution in [0.3, 0.4) is 0 Å². The van der Waals surface area contributed by atoms with E-state index in [1.807, 2.05) is 28.8 Å². The van der Waals surface area contributed by atoms with Gasteiger partial charge in [-0.25, -0.2) is 14.4 Å². The molecule has 0 fully saturated rings. The molecule has 0 atom stereocenters. The van der Waals surface area contributed by atoms with Crippen molar-refractivity contribution in [2.24, 2.45) is 0 Å². The Morgan fingerprint density at radius 1 is 1.03 bits per heavy atom. The van der Waals surface area contributed by atoms with Crippen LogP contribution in [0.15, 0.2) is 67.1 Å². The van der Waals surface area contributed by atoms with Crippen molar-refractivity contribution in [2.45, 2.75) is 13.2 Å². The van der Waals surface area contributed by atoms with Crippen molar-refractivity contribution >= 4 is 21.6 Å². The van der Waals surface area contributed by atoms with Gasteiger partial charge in [-0.15, -0.1) is 11.3 Å². The lowest BCUT2D eigenvalue weighted by atomic mass is 10.0. The summed E-state index contributed by atoms with van der Waals surface area (Å²) in [5.74, 6) is 0.274. The van der Waals surface area contributed by atoms with Gasteiger partial charge in [-0.3, -0.25) is 4.57 Å². The SMILES string of the molecule is COc1cc(CO)cc(CO)c1-c1cncn1-c1ccc(-c2nc3ccc(F)cc3s2)cc1. The Kier molecular flexibility index (Phi) is 5.63. The molecule has 3 aromatic carbocycles. The van der Waals surface area contributed by atoms with Crippen molar-refractivity contribution in [3.05, 3.63) is 84.1 Å². The summed E-state index contributed by atoms with van der Waals surface area (Å²) in [6.07, 6.45) is 3.41. The molecule has 0 spiro atoms. The molecule has 0 saturated carbocycles. The van der Waals surface area contributed by atoms with Crippen molar-refractivity contribution in [1.29, 1.82) is 0 Å². The van der Waals surface area contributed by atoms with Crippen LogP contribution < -0.4 is 4.74 Å². The minimum absolute atomic E-state index is 0.150. The van der Waals surface area contributed by atoms with Crippen LogP contribution in [0.2, 0.25) is 0 Å². The van der Waals surface area contributed by atoms with Crippen LogP contribution in [0.5, 0.6) is 5.75 Å². The predicted octanol–water partition coefficient (Wildman–Crippen LogP) is 4.95. The Hall–Kier alpha value is -3.59. The molecule has 0 aliphatic carbocycles. The van der Waals surface area contributed by atoms with Crippen LogP contribution in [-0.2, 0) is 13.2 Å². The summed E-state index contributed by atoms with van der Waals surface area (Å²) in [6.45, 7) is -0.357. The lowest BCUT2D eigenvalue weighted by molar-refractivity contribution is 0.274. The van der Waals surface area contributed by atoms with E-state index in [1.54, 1.807) is 37.8 Å². The topological polar surface area (TPSA) is 80.4 Å². The average molecular weight is 462 g/mol. The Bertz CT molecular complexity index is 1420. The third-order valence-electron chi connectivity index (χ3n) is 5.45. The summed E-state index contributed by atoms with van der Waals surface area (Å²) in [5.41, 5.74) is 5.34. The Morgan fingerprint density at radius 3 is 2.58 bits per heavy atom. The van der Waals surface area contributed by atoms with E-state index in [9.17, 15) is 14.6 Å². The number of methoxy groups -OCH3 is 1. The number of hydrogen-bond donors (Lipinski definition) is 2. The molecule has 0 aliphatic heterocycles. The maximum Gasteiger partial charge on any atom is 0.128 e. The van der Waals surface area contributed by atoms with Crippen LogP contribution in [0.25, 0.3) is 37.7 Å². The highest BCUT2D eigenvalue weighted by Crippen LogP contribution is 2.37. The van der Waals surface area contributed by atoms with Gasteiger partial charge in [0.15, 0.2) is 0 Å². The quantitative estimate of drug-likeness (QED) is 0.374. The number of fused-ring (bicyclic) bond motifs is 1. The first-order chi connectivity index (χ1) is 16.1. The van der Waals surface area contributed by atoms with Crippen molar-refractivity contribution in [2.75, 3.05) is 7.11 Å². The van der Waals surface area contributed by atoms with Gasteiger partial charge >= 0.3 is 0 Å². The number of aliphatic hydroxyl groups is 2. The van der Waals surface area contributed by atoms with Crippen LogP contribution in [0, 0.1) is 5.82 Å². The van der Waals surface area contributed by atoms with Gasteiger partial charge in [0.1, 0.15) is 16.6 Å². The molecule has 2 heterocycles. The number of ether oxygens (including phenoxy) is 1. The lowest BCUT2D eigenvalue weighted by Crippen LogP contribution is -2.02. The van der Waals surface area contributed by atoms with Gasteiger partial charge in [0, 0.05) is 16.8 Å². The van der Waals surface area contributed by atoms with Crippen LogP contribution in [0.4, 0.5) is 4.39 Å². The summed E-state index contributed by atoms with van der Waals surface area (Å²) in [5, 5.41) is 20.3. The molecular weight excluding hydrogens is 441 g/mol. The van der Waals surface area contributed by atoms with E-state index in [0.29, 0.717) is 22.4 Å². The maximum atomic E-state index is 13.5. The second kappa shape index (κ2) is 8.74. The van der Waals surface area contributed by atoms with E-state index in [0.717, 1.165) is 32.2 Å². The van der Waals surface area contributed by atoms with E-state index in [1.165, 1.54) is 23.5 Å². The molecule has 8 heteroatoms. The third kappa shape index (κ3) is 3.89. The fraction of sp³-hybridized carbons (Fsp3) is 0.120. The van der Waals surface area contributed by atoms with Gasteiger partial charge < -0.3 is 14.9 Å². The highest BCUT2D eigenvalue weighted by Gasteiger charge is 2.18. The molecule has 2 N–H and O–H groups in total. The molecule has 0 saturated heterocycles. The number of nitrogens with zero attached hydrogens (tertiary/aromatic N) is 3. The fourth-order valence-electron chi connectivity index (χ4n) is 3.88. The first-order valence-corrected chi connectivity index (χ1v) is 11.0. The number of hydrogen-bond acceptors (Lipinski definition) is 6. The molecule has 6 nitrogen and oxygen atoms in total. The molecule has 2 aromatic heterocycles. The zero-order chi connectivity index (χ0) is 22.9. The van der Waals surface area contributed by atoms with E-state index >= 15 is 0 Å². The lowest BCUT2D eigenvalue weighted by Gasteiger charge is -2.16. The summed E-state index contributed by atoms with van der Waals surface area (Å²) in [7, 11) is 1.56. The Labute approximate surface area is 193 Å². The van der Waals surface area contributed by atoms with E-state index in [4.69, 9.17) is 4.74 Å². The summed E-state index contributed by atoms with van der Waals surface area (Å²) >= 11 is 1.45. The van der Waals surface area contributed by atoms with Crippen molar-refractivity contribution in [1.82, 2.24) is 14.5 Å². The van der Waals surface area contributed by atoms with Gasteiger partial charge in [-0.2, -0.15) is 0 Å². The maximum absolute atomic E-state index is 13.5. The second-order valence-electron chi connectivity index (χ2n) is 7.48. The largest absolute Gasteiger partial charge is 0.496 e. The smallest absolute Gasteiger partial charge is 0.128 e. The van der Waals surface area contributed by atoms with E-state index in [-0.39, 0.29) is 19.0 Å². The molecular formula is C25H20FN3O3S. The summed E-state index contributed by atoms with van der Waals surface area (Å²) < 4.78 is 21.8. The van der Waals surface area contributed by atoms with Gasteiger partial charge in [0.05, 0.1) is 48.8 Å². The average Bonchev–Trinajstić information content (AvgIpc) is 3.50. The molecule has 5 aromatic rings. The van der Waals surface area contributed by atoms with Crippen LogP contribution >= 0.6 is 11.3 Å². The molecule has 5 rings (SSSR count). The molecule has 0 aliphatic rings. The highest BCUT2D eigenvalue weighted by molar-refractivity contribution is 7.21. The minimum Gasteiger partial charge on any atom is -0.496 e. The monoisotopic (exact) mass is 461 g/mol. The third-order valence-corrected chi connectivity index (χ3v) is 6.52. The number of imidazole rings is 1. The van der Waals surface area contributed by atoms with Gasteiger partial charge in [-0.05, 0) is 59.7 Å². The normalized spacial score (nSPS) is 11.3. The van der Waals surface area contributed by atoms with E-state index < -0.39 is 0 Å². The second-order valence-corrected chi connectivity index (χ2v) is 8.51. The number of halogens is 1. The number of aliphatic hydroxyl groups excluding tert-OH is 2. The van der Waals surface area contributed by atoms with Crippen LogP contribution in [-0.4, -0.2) is 31.9 Å². The first-order valence-electron chi connectivity index (χ1n) is 10.2. The molecule has 166 valence electrons. The van der Waals surface area contributed by atoms with Gasteiger partial charge in [0.2, 0.25) is 0 Å².